The minimum Gasteiger partial charge on any atom is -0.465 e. The van der Waals surface area contributed by atoms with Gasteiger partial charge in [-0.15, -0.1) is 0 Å². The van der Waals surface area contributed by atoms with E-state index in [4.69, 9.17) is 47.7 Å². The van der Waals surface area contributed by atoms with Gasteiger partial charge < -0.3 is 19.3 Å². The van der Waals surface area contributed by atoms with E-state index < -0.39 is 126 Å². The van der Waals surface area contributed by atoms with Crippen LogP contribution in [0.4, 0.5) is 0 Å². The van der Waals surface area contributed by atoms with Crippen molar-refractivity contribution in [3.8, 4) is 0 Å². The average Bonchev–Trinajstić information content (AvgIpc) is 1.50. The lowest BCUT2D eigenvalue weighted by Gasteiger charge is -2.35. The molecule has 0 spiro atoms. The first-order valence-electron chi connectivity index (χ1n) is 43.0. The van der Waals surface area contributed by atoms with Crippen LogP contribution < -0.4 is 0 Å². The Balaban J connectivity index is 0.0000000980. The molecule has 0 aromatic rings. The van der Waals surface area contributed by atoms with Crippen LogP contribution in [0.15, 0.2) is 0 Å². The van der Waals surface area contributed by atoms with Crippen LogP contribution in [0.1, 0.15) is 220 Å². The maximum atomic E-state index is 12.3. The van der Waals surface area contributed by atoms with E-state index in [1.807, 2.05) is 20.8 Å². The van der Waals surface area contributed by atoms with E-state index in [2.05, 4.69) is 76.2 Å². The van der Waals surface area contributed by atoms with Gasteiger partial charge in [-0.1, -0.05) is 90.0 Å². The monoisotopic (exact) mass is 1830 g/mol. The molecular weight excluding hydrogens is 1710 g/mol. The number of hydrogen-bond acceptors (Lipinski definition) is 31. The van der Waals surface area contributed by atoms with Crippen LogP contribution in [0, 0.1) is 138 Å². The van der Waals surface area contributed by atoms with Crippen LogP contribution in [-0.4, -0.2) is 207 Å². The van der Waals surface area contributed by atoms with Gasteiger partial charge in [0.05, 0.1) is 116 Å². The smallest absolute Gasteiger partial charge is 0.302 e. The Hall–Kier alpha value is -2.35. The maximum Gasteiger partial charge on any atom is 0.302 e. The molecule has 8 aliphatic heterocycles. The number of carbonyl (C=O) groups excluding carboxylic acids is 3. The molecule has 119 heavy (non-hydrogen) atoms. The molecule has 16 saturated carbocycles. The molecule has 39 heteroatoms. The van der Waals surface area contributed by atoms with Crippen LogP contribution in [-0.2, 0) is 143 Å². The molecule has 1 N–H and O–H groups in total. The van der Waals surface area contributed by atoms with Gasteiger partial charge >= 0.3 is 17.9 Å². The molecule has 0 aromatic carbocycles. The molecule has 8 heterocycles. The summed E-state index contributed by atoms with van der Waals surface area (Å²) in [6, 6.07) is 0. The molecule has 8 saturated heterocycles. The molecule has 16 bridgehead atoms. The van der Waals surface area contributed by atoms with Crippen molar-refractivity contribution in [2.45, 2.75) is 311 Å². The van der Waals surface area contributed by atoms with E-state index >= 15 is 0 Å². The average molecular weight is 1840 g/mol. The van der Waals surface area contributed by atoms with Crippen molar-refractivity contribution in [2.75, 3.05) is 26.4 Å². The highest BCUT2D eigenvalue weighted by molar-refractivity contribution is 7.89. The third-order valence-electron chi connectivity index (χ3n) is 37.6. The number of carbonyl (C=O) groups is 3. The molecule has 676 valence electrons. The van der Waals surface area contributed by atoms with E-state index in [9.17, 15) is 86.8 Å². The molecule has 0 amide bonds. The Labute approximate surface area is 703 Å². The van der Waals surface area contributed by atoms with Crippen molar-refractivity contribution in [1.29, 1.82) is 0 Å². The molecule has 24 fully saturated rings. The molecule has 24 rings (SSSR count). The molecule has 0 aromatic heterocycles. The highest BCUT2D eigenvalue weighted by Crippen LogP contribution is 2.75. The quantitative estimate of drug-likeness (QED) is 0.146. The van der Waals surface area contributed by atoms with Crippen molar-refractivity contribution in [3.05, 3.63) is 0 Å². The van der Waals surface area contributed by atoms with Gasteiger partial charge in [0.1, 0.15) is 6.61 Å². The summed E-state index contributed by atoms with van der Waals surface area (Å²) in [6.45, 7) is 33.5. The topological polar surface area (TPSA) is 446 Å². The van der Waals surface area contributed by atoms with Crippen LogP contribution in [0.5, 0.6) is 0 Å². The highest BCUT2D eigenvalue weighted by atomic mass is 32.3. The first-order valence-corrected chi connectivity index (χ1v) is 54.7. The number of rotatable bonds is 7. The zero-order valence-corrected chi connectivity index (χ0v) is 77.5. The lowest BCUT2D eigenvalue weighted by Crippen LogP contribution is -2.45. The third-order valence-corrected chi connectivity index (χ3v) is 52.1. The molecule has 39 atom stereocenters. The van der Waals surface area contributed by atoms with Crippen molar-refractivity contribution in [1.82, 2.24) is 0 Å². The van der Waals surface area contributed by atoms with Gasteiger partial charge in [0.25, 0.3) is 80.9 Å². The van der Waals surface area contributed by atoms with Crippen molar-refractivity contribution in [2.24, 2.45) is 138 Å². The fraction of sp³-hybridized carbons (Fsp3) is 0.963. The highest BCUT2D eigenvalue weighted by Gasteiger charge is 2.81. The lowest BCUT2D eigenvalue weighted by atomic mass is 9.73. The minimum absolute atomic E-state index is 0.00579. The third kappa shape index (κ3) is 12.6. The largest absolute Gasteiger partial charge is 0.465 e. The van der Waals surface area contributed by atoms with Gasteiger partial charge in [0, 0.05) is 71.5 Å². The maximum absolute atomic E-state index is 12.3. The summed E-state index contributed by atoms with van der Waals surface area (Å²) in [5, 5.41) is 7.23. The Bertz CT molecular complexity index is 5190. The SMILES string of the molecule is CC(=O)OCC12CC3C(CO)(C1)C(OS3(=O)=O)C2C.CC(=O)OCC12CC3C(COC(C)=O)(C1)C(OS3(=O)=O)C2C.CC1(C)C2CC3C1OS(=O)(=O)C3C2.CC1C2CC3C(C)(C2)C1OS3(=O)=O.CC1C2CC3C(C2)S(=O)(=O)OC13C.CC1C2CC3C1OS(=O)(=O)C3C2.CC1C2OS(=O)(=O)C3CC1(C)CC23.CC1C2OS(=O)(=O)C3CC1(C)CC23C. The summed E-state index contributed by atoms with van der Waals surface area (Å²) in [5.41, 5.74) is -2.29. The van der Waals surface area contributed by atoms with Gasteiger partial charge in [0.2, 0.25) is 0 Å². The predicted octanol–water partition coefficient (Wildman–Crippen LogP) is 7.58. The number of fused-ring (bicyclic) bond motifs is 8. The molecule has 16 aliphatic carbocycles. The second-order valence-electron chi connectivity index (χ2n) is 43.5. The number of aliphatic hydroxyl groups is 1. The van der Waals surface area contributed by atoms with Crippen molar-refractivity contribution < 1.29 is 135 Å². The van der Waals surface area contributed by atoms with Gasteiger partial charge in [-0.2, -0.15) is 67.3 Å². The Morgan fingerprint density at radius 2 is 0.857 bits per heavy atom. The van der Waals surface area contributed by atoms with E-state index in [1.54, 1.807) is 0 Å². The number of hydrogen-bond donors (Lipinski definition) is 1. The summed E-state index contributed by atoms with van der Waals surface area (Å²) in [5.74, 6) is 4.28. The van der Waals surface area contributed by atoms with Crippen LogP contribution in [0.25, 0.3) is 0 Å². The first kappa shape index (κ1) is 88.7. The zero-order valence-electron chi connectivity index (χ0n) is 70.9. The van der Waals surface area contributed by atoms with Gasteiger partial charge in [0.15, 0.2) is 0 Å². The Morgan fingerprint density at radius 3 is 1.34 bits per heavy atom. The summed E-state index contributed by atoms with van der Waals surface area (Å²) in [4.78, 5) is 33.3. The molecular formula is C80H122O31S8. The molecule has 31 nitrogen and oxygen atoms in total. The Morgan fingerprint density at radius 1 is 0.361 bits per heavy atom. The van der Waals surface area contributed by atoms with Crippen LogP contribution >= 0.6 is 0 Å². The normalized spacial score (nSPS) is 55.7. The lowest BCUT2D eigenvalue weighted by molar-refractivity contribution is -0.147. The summed E-state index contributed by atoms with van der Waals surface area (Å²) < 4.78 is 245. The standard InChI is InChI=1S/C14H20O7S.C12H18O6S.C10H16O3S.4C9H14O3S.C8H12O3S/c1-8-12-14(7-20-10(3)16)5-13(8,6-19-9(2)15)4-11(14)22(17,18)21-12;1-7-10-12(5-13)4-11(7,6-17-8(2)14)3-9(12)19(15,16)18-10;1-6-8-10(3)5-9(6,2)4-7(10)14(11,12)13-8;1-9(2)5-3-6-7(4-5)13(10,11)12-8(6)9;1-5-8-6-3-9(5,2)4-7(6)13(10,11)12-8;1-5-6-3-7-9(2,4-6)8(5)12-13(7,10)11;1-5-6-3-7-8(4-6)13(10,11)12-9(5,7)2;1-4-5-2-6-7(3-5)12(9,10)11-8(4)6/h8,11-12H,4-7H2,1-3H3;7,9-10,13H,3-6H2,1-2H3;6-8H,4-5H2,1-3H3;4*5-8H,3-4H2,1-2H3;4-8H,2-3H2,1H3. The first-order chi connectivity index (χ1) is 54.6. The number of ether oxygens (including phenoxy) is 3. The molecule has 0 radical (unpaired) electrons. The van der Waals surface area contributed by atoms with Crippen LogP contribution in [0.2, 0.25) is 0 Å². The van der Waals surface area contributed by atoms with Gasteiger partial charge in [-0.25, -0.2) is 0 Å². The Kier molecular flexibility index (Phi) is 20.4. The fourth-order valence-corrected chi connectivity index (χ4v) is 47.6. The van der Waals surface area contributed by atoms with E-state index in [0.717, 1.165) is 77.0 Å². The summed E-state index contributed by atoms with van der Waals surface area (Å²) >= 11 is 0. The van der Waals surface area contributed by atoms with E-state index in [1.165, 1.54) is 20.8 Å². The second kappa shape index (κ2) is 27.4. The summed E-state index contributed by atoms with van der Waals surface area (Å²) in [6.07, 6.45) is 12.0. The van der Waals surface area contributed by atoms with Gasteiger partial charge in [-0.3, -0.25) is 47.8 Å². The van der Waals surface area contributed by atoms with E-state index in [0.29, 0.717) is 96.7 Å². The van der Waals surface area contributed by atoms with Crippen molar-refractivity contribution in [3.63, 3.8) is 0 Å². The number of esters is 3. The zero-order chi connectivity index (χ0) is 87.0. The van der Waals surface area contributed by atoms with E-state index in [-0.39, 0.29) is 156 Å². The van der Waals surface area contributed by atoms with Crippen LogP contribution in [0.3, 0.4) is 0 Å². The summed E-state index contributed by atoms with van der Waals surface area (Å²) in [7, 11) is -26.6. The van der Waals surface area contributed by atoms with Gasteiger partial charge in [-0.05, 0) is 191 Å². The molecule has 24 aliphatic rings. The minimum atomic E-state index is -3.68. The molecule has 39 unspecified atom stereocenters. The predicted molar refractivity (Wildman–Crippen MR) is 424 cm³/mol. The number of aliphatic hydroxyl groups excluding tert-OH is 1. The fourth-order valence-electron chi connectivity index (χ4n) is 30.7. The van der Waals surface area contributed by atoms with Crippen molar-refractivity contribution >= 4 is 98.9 Å². The second-order valence-corrected chi connectivity index (χ2v) is 57.6.